The highest BCUT2D eigenvalue weighted by atomic mass is 16.5. The van der Waals surface area contributed by atoms with Crippen LogP contribution in [0.2, 0.25) is 0 Å². The largest absolute Gasteiger partial charge is 0.491 e. The molecule has 0 spiro atoms. The van der Waals surface area contributed by atoms with Crippen LogP contribution in [0.15, 0.2) is 73.3 Å². The Kier molecular flexibility index (Phi) is 6.22. The number of benzene rings is 3. The summed E-state index contributed by atoms with van der Waals surface area (Å²) in [5.74, 6) is 0.0129. The summed E-state index contributed by atoms with van der Waals surface area (Å²) in [5.41, 5.74) is 4.63. The number of fused-ring (bicyclic) bond motifs is 2. The second kappa shape index (κ2) is 9.39. The molecule has 1 heterocycles. The smallest absolute Gasteiger partial charge is 0.303 e. The van der Waals surface area contributed by atoms with E-state index in [-0.39, 0.29) is 18.9 Å². The van der Waals surface area contributed by atoms with E-state index in [0.29, 0.717) is 35.8 Å². The quantitative estimate of drug-likeness (QED) is 0.508. The van der Waals surface area contributed by atoms with Crippen molar-refractivity contribution in [1.82, 2.24) is 0 Å². The topological polar surface area (TPSA) is 84.9 Å². The van der Waals surface area contributed by atoms with Gasteiger partial charge in [-0.05, 0) is 53.5 Å². The zero-order chi connectivity index (χ0) is 22.5. The zero-order valence-corrected chi connectivity index (χ0v) is 17.5. The lowest BCUT2D eigenvalue weighted by atomic mass is 9.94. The number of anilines is 1. The van der Waals surface area contributed by atoms with E-state index in [2.05, 4.69) is 11.9 Å². The van der Waals surface area contributed by atoms with Crippen molar-refractivity contribution >= 4 is 23.1 Å². The van der Waals surface area contributed by atoms with E-state index in [1.807, 2.05) is 24.3 Å². The molecule has 0 bridgehead atoms. The van der Waals surface area contributed by atoms with Gasteiger partial charge < -0.3 is 19.9 Å². The van der Waals surface area contributed by atoms with Gasteiger partial charge in [0.2, 0.25) is 0 Å². The van der Waals surface area contributed by atoms with Crippen LogP contribution in [0, 0.1) is 0 Å². The number of ether oxygens (including phenoxy) is 2. The normalized spacial score (nSPS) is 12.1. The van der Waals surface area contributed by atoms with Gasteiger partial charge in [-0.15, -0.1) is 0 Å². The first-order chi connectivity index (χ1) is 15.5. The van der Waals surface area contributed by atoms with Crippen LogP contribution in [0.4, 0.5) is 5.69 Å². The lowest BCUT2D eigenvalue weighted by Gasteiger charge is -2.14. The van der Waals surface area contributed by atoms with E-state index in [1.165, 1.54) is 0 Å². The average Bonchev–Trinajstić information content (AvgIpc) is 2.94. The van der Waals surface area contributed by atoms with Gasteiger partial charge in [-0.2, -0.15) is 0 Å². The number of carbonyl (C=O) groups excluding carboxylic acids is 1. The van der Waals surface area contributed by atoms with E-state index in [9.17, 15) is 9.59 Å². The van der Waals surface area contributed by atoms with Crippen LogP contribution in [0.5, 0.6) is 11.5 Å². The van der Waals surface area contributed by atoms with Gasteiger partial charge in [-0.3, -0.25) is 9.59 Å². The Hall–Kier alpha value is -4.06. The molecule has 4 rings (SSSR count). The molecule has 0 saturated heterocycles. The van der Waals surface area contributed by atoms with Crippen molar-refractivity contribution in [2.24, 2.45) is 0 Å². The summed E-state index contributed by atoms with van der Waals surface area (Å²) < 4.78 is 11.6. The minimum atomic E-state index is -0.869. The molecule has 3 aromatic carbocycles. The Morgan fingerprint density at radius 2 is 1.81 bits per heavy atom. The van der Waals surface area contributed by atoms with Crippen molar-refractivity contribution in [3.05, 3.63) is 95.6 Å². The summed E-state index contributed by atoms with van der Waals surface area (Å²) in [4.78, 5) is 23.7. The second-order valence-corrected chi connectivity index (χ2v) is 7.43. The highest BCUT2D eigenvalue weighted by Crippen LogP contribution is 2.36. The van der Waals surface area contributed by atoms with Crippen molar-refractivity contribution in [1.29, 1.82) is 0 Å². The van der Waals surface area contributed by atoms with Gasteiger partial charge in [0, 0.05) is 17.5 Å². The predicted molar refractivity (Wildman–Crippen MR) is 122 cm³/mol. The number of carboxylic acid groups (broad SMARTS) is 1. The van der Waals surface area contributed by atoms with Crippen LogP contribution < -0.4 is 14.8 Å². The maximum absolute atomic E-state index is 13.0. The summed E-state index contributed by atoms with van der Waals surface area (Å²) in [6, 6.07) is 20.3. The molecule has 6 heteroatoms. The first-order valence-corrected chi connectivity index (χ1v) is 10.3. The maximum Gasteiger partial charge on any atom is 0.303 e. The molecule has 0 aromatic heterocycles. The Bertz CT molecular complexity index is 1180. The van der Waals surface area contributed by atoms with Crippen molar-refractivity contribution < 1.29 is 24.2 Å². The molecule has 162 valence electrons. The van der Waals surface area contributed by atoms with Crippen LogP contribution in [0.25, 0.3) is 5.57 Å². The number of amides is 1. The van der Waals surface area contributed by atoms with Crippen molar-refractivity contribution in [2.45, 2.75) is 19.4 Å². The average molecular weight is 429 g/mol. The van der Waals surface area contributed by atoms with Gasteiger partial charge >= 0.3 is 5.97 Å². The third-order valence-corrected chi connectivity index (χ3v) is 5.22. The molecule has 0 atom stereocenters. The molecule has 32 heavy (non-hydrogen) atoms. The molecule has 1 amide bonds. The number of hydrogen-bond donors (Lipinski definition) is 2. The summed E-state index contributed by atoms with van der Waals surface area (Å²) in [5, 5.41) is 11.6. The fourth-order valence-electron chi connectivity index (χ4n) is 3.57. The van der Waals surface area contributed by atoms with Crippen LogP contribution in [0.3, 0.4) is 0 Å². The molecule has 0 saturated carbocycles. The lowest BCUT2D eigenvalue weighted by Crippen LogP contribution is -2.13. The molecule has 6 nitrogen and oxygen atoms in total. The minimum Gasteiger partial charge on any atom is -0.491 e. The number of nitrogens with one attached hydrogen (secondary N) is 1. The number of para-hydroxylation sites is 2. The second-order valence-electron chi connectivity index (χ2n) is 7.43. The molecular weight excluding hydrogens is 406 g/mol. The SMILES string of the molecule is C=C1c2ccccc2COc2ccc(C(=O)Nc3ccccc3OCCCC(=O)O)cc21. The molecule has 1 aliphatic heterocycles. The number of rotatable bonds is 7. The number of carbonyl (C=O) groups is 2. The van der Waals surface area contributed by atoms with Gasteiger partial charge in [-0.25, -0.2) is 0 Å². The monoisotopic (exact) mass is 429 g/mol. The standard InChI is InChI=1S/C26H23NO5/c1-17-20-8-3-2-7-19(20)16-32-23-13-12-18(15-21(17)23)26(30)27-22-9-4-5-10-24(22)31-14-6-11-25(28)29/h2-5,7-10,12-13,15H,1,6,11,14,16H2,(H,27,30)(H,28,29). The van der Waals surface area contributed by atoms with Crippen LogP contribution in [-0.2, 0) is 11.4 Å². The zero-order valence-electron chi connectivity index (χ0n) is 17.5. The Balaban J connectivity index is 1.53. The van der Waals surface area contributed by atoms with Crippen molar-refractivity contribution in [3.8, 4) is 11.5 Å². The highest BCUT2D eigenvalue weighted by Gasteiger charge is 2.20. The van der Waals surface area contributed by atoms with Gasteiger partial charge in [0.05, 0.1) is 12.3 Å². The van der Waals surface area contributed by atoms with Gasteiger partial charge in [0.15, 0.2) is 0 Å². The van der Waals surface area contributed by atoms with Crippen molar-refractivity contribution in [2.75, 3.05) is 11.9 Å². The van der Waals surface area contributed by atoms with Crippen LogP contribution >= 0.6 is 0 Å². The highest BCUT2D eigenvalue weighted by molar-refractivity contribution is 6.06. The molecular formula is C26H23NO5. The summed E-state index contributed by atoms with van der Waals surface area (Å²) in [6.45, 7) is 4.93. The van der Waals surface area contributed by atoms with Crippen LogP contribution in [-0.4, -0.2) is 23.6 Å². The maximum atomic E-state index is 13.0. The predicted octanol–water partition coefficient (Wildman–Crippen LogP) is 5.14. The molecule has 0 fully saturated rings. The Labute approximate surface area is 186 Å². The Morgan fingerprint density at radius 3 is 2.66 bits per heavy atom. The fraction of sp³-hybridized carbons (Fsp3) is 0.154. The van der Waals surface area contributed by atoms with Gasteiger partial charge in [-0.1, -0.05) is 43.0 Å². The molecule has 0 aliphatic carbocycles. The number of carboxylic acids is 1. The summed E-state index contributed by atoms with van der Waals surface area (Å²) in [7, 11) is 0. The third kappa shape index (κ3) is 4.64. The fourth-order valence-corrected chi connectivity index (χ4v) is 3.57. The molecule has 2 N–H and O–H groups in total. The third-order valence-electron chi connectivity index (χ3n) is 5.22. The van der Waals surface area contributed by atoms with E-state index >= 15 is 0 Å². The summed E-state index contributed by atoms with van der Waals surface area (Å²) in [6.07, 6.45) is 0.407. The van der Waals surface area contributed by atoms with E-state index in [0.717, 1.165) is 22.3 Å². The summed E-state index contributed by atoms with van der Waals surface area (Å²) >= 11 is 0. The van der Waals surface area contributed by atoms with Crippen LogP contribution in [0.1, 0.15) is 39.9 Å². The number of hydrogen-bond acceptors (Lipinski definition) is 4. The number of aliphatic carboxylic acids is 1. The lowest BCUT2D eigenvalue weighted by molar-refractivity contribution is -0.137. The van der Waals surface area contributed by atoms with Crippen molar-refractivity contribution in [3.63, 3.8) is 0 Å². The first-order valence-electron chi connectivity index (χ1n) is 10.3. The molecule has 1 aliphatic rings. The van der Waals surface area contributed by atoms with E-state index in [1.54, 1.807) is 42.5 Å². The minimum absolute atomic E-state index is 0.0265. The van der Waals surface area contributed by atoms with Gasteiger partial charge in [0.25, 0.3) is 5.91 Å². The Morgan fingerprint density at radius 1 is 1.03 bits per heavy atom. The van der Waals surface area contributed by atoms with E-state index < -0.39 is 5.97 Å². The van der Waals surface area contributed by atoms with E-state index in [4.69, 9.17) is 14.6 Å². The molecule has 0 radical (unpaired) electrons. The van der Waals surface area contributed by atoms with Gasteiger partial charge in [0.1, 0.15) is 18.1 Å². The first kappa shape index (κ1) is 21.2. The molecule has 3 aromatic rings. The molecule has 0 unspecified atom stereocenters.